The van der Waals surface area contributed by atoms with Gasteiger partial charge in [0.25, 0.3) is 0 Å². The van der Waals surface area contributed by atoms with Crippen LogP contribution in [-0.2, 0) is 6.42 Å². The number of rotatable bonds is 7. The van der Waals surface area contributed by atoms with Crippen molar-refractivity contribution in [1.82, 2.24) is 5.43 Å². The fraction of sp³-hybridized carbons (Fsp3) is 0.500. The average molecular weight is 319 g/mol. The van der Waals surface area contributed by atoms with Crippen LogP contribution in [0.5, 0.6) is 5.75 Å². The maximum absolute atomic E-state index is 5.58. The van der Waals surface area contributed by atoms with E-state index in [-0.39, 0.29) is 6.04 Å². The third-order valence-electron chi connectivity index (χ3n) is 2.47. The fourth-order valence-corrected chi connectivity index (χ4v) is 2.74. The zero-order valence-electron chi connectivity index (χ0n) is 10.2. The molecule has 1 aromatic rings. The maximum atomic E-state index is 5.58. The normalized spacial score (nSPS) is 12.5. The molecule has 3 N–H and O–H groups in total. The Labute approximate surface area is 116 Å². The number of ether oxygens (including phenoxy) is 1. The van der Waals surface area contributed by atoms with Gasteiger partial charge in [-0.15, -0.1) is 0 Å². The summed E-state index contributed by atoms with van der Waals surface area (Å²) in [5, 5.41) is 0. The first-order valence-corrected chi connectivity index (χ1v) is 7.52. The van der Waals surface area contributed by atoms with Crippen LogP contribution in [0.1, 0.15) is 12.5 Å². The molecule has 0 fully saturated rings. The van der Waals surface area contributed by atoms with E-state index in [1.807, 2.05) is 23.9 Å². The van der Waals surface area contributed by atoms with Gasteiger partial charge in [-0.05, 0) is 35.9 Å². The highest BCUT2D eigenvalue weighted by Gasteiger charge is 2.11. The second-order valence-corrected chi connectivity index (χ2v) is 5.92. The lowest BCUT2D eigenvalue weighted by Gasteiger charge is -2.17. The van der Waals surface area contributed by atoms with Crippen molar-refractivity contribution >= 4 is 27.7 Å². The number of benzene rings is 1. The first-order chi connectivity index (χ1) is 8.21. The molecule has 1 aromatic carbocycles. The second kappa shape index (κ2) is 7.97. The molecule has 0 spiro atoms. The summed E-state index contributed by atoms with van der Waals surface area (Å²) in [5.74, 6) is 8.59. The van der Waals surface area contributed by atoms with Gasteiger partial charge in [0.15, 0.2) is 0 Å². The SMILES string of the molecule is CCSCC(Cc1cc(Br)ccc1OC)NN. The Balaban J connectivity index is 2.73. The molecule has 0 saturated carbocycles. The Kier molecular flexibility index (Phi) is 6.96. The van der Waals surface area contributed by atoms with Crippen LogP contribution in [0.3, 0.4) is 0 Å². The Morgan fingerprint density at radius 2 is 2.29 bits per heavy atom. The molecule has 0 saturated heterocycles. The Hall–Kier alpha value is -0.230. The van der Waals surface area contributed by atoms with Crippen LogP contribution in [0.15, 0.2) is 22.7 Å². The molecule has 0 amide bonds. The molecule has 1 atom stereocenters. The number of nitrogens with one attached hydrogen (secondary N) is 1. The van der Waals surface area contributed by atoms with Crippen LogP contribution in [-0.4, -0.2) is 24.7 Å². The van der Waals surface area contributed by atoms with Crippen LogP contribution >= 0.6 is 27.7 Å². The number of hydrazine groups is 1. The molecule has 1 unspecified atom stereocenters. The minimum Gasteiger partial charge on any atom is -0.496 e. The van der Waals surface area contributed by atoms with Crippen molar-refractivity contribution in [3.05, 3.63) is 28.2 Å². The Morgan fingerprint density at radius 1 is 1.53 bits per heavy atom. The summed E-state index contributed by atoms with van der Waals surface area (Å²) in [7, 11) is 1.69. The van der Waals surface area contributed by atoms with E-state index in [0.29, 0.717) is 0 Å². The van der Waals surface area contributed by atoms with E-state index in [0.717, 1.165) is 28.1 Å². The van der Waals surface area contributed by atoms with Gasteiger partial charge in [-0.2, -0.15) is 11.8 Å². The minimum atomic E-state index is 0.267. The molecule has 3 nitrogen and oxygen atoms in total. The van der Waals surface area contributed by atoms with E-state index < -0.39 is 0 Å². The molecule has 0 aliphatic heterocycles. The lowest BCUT2D eigenvalue weighted by atomic mass is 10.1. The highest BCUT2D eigenvalue weighted by molar-refractivity contribution is 9.10. The third-order valence-corrected chi connectivity index (χ3v) is 4.01. The summed E-state index contributed by atoms with van der Waals surface area (Å²) < 4.78 is 6.42. The van der Waals surface area contributed by atoms with Crippen LogP contribution in [0.4, 0.5) is 0 Å². The topological polar surface area (TPSA) is 47.3 Å². The standard InChI is InChI=1S/C12H19BrN2OS/c1-3-17-8-11(15-14)7-9-6-10(13)4-5-12(9)16-2/h4-6,11,15H,3,7-8,14H2,1-2H3. The number of nitrogens with two attached hydrogens (primary N) is 1. The molecule has 0 radical (unpaired) electrons. The Bertz CT molecular complexity index is 349. The maximum Gasteiger partial charge on any atom is 0.122 e. The van der Waals surface area contributed by atoms with Crippen LogP contribution in [0, 0.1) is 0 Å². The number of halogens is 1. The third kappa shape index (κ3) is 4.87. The van der Waals surface area contributed by atoms with E-state index >= 15 is 0 Å². The summed E-state index contributed by atoms with van der Waals surface area (Å²) >= 11 is 5.36. The summed E-state index contributed by atoms with van der Waals surface area (Å²) in [6.45, 7) is 2.15. The van der Waals surface area contributed by atoms with Gasteiger partial charge in [0, 0.05) is 16.3 Å². The number of hydrogen-bond donors (Lipinski definition) is 2. The van der Waals surface area contributed by atoms with Gasteiger partial charge in [0.05, 0.1) is 7.11 Å². The van der Waals surface area contributed by atoms with E-state index in [1.54, 1.807) is 7.11 Å². The van der Waals surface area contributed by atoms with Crippen LogP contribution < -0.4 is 16.0 Å². The molecule has 0 aliphatic rings. The van der Waals surface area contributed by atoms with Crippen molar-refractivity contribution in [2.45, 2.75) is 19.4 Å². The zero-order chi connectivity index (χ0) is 12.7. The Morgan fingerprint density at radius 3 is 2.88 bits per heavy atom. The van der Waals surface area contributed by atoms with Crippen molar-refractivity contribution in [2.24, 2.45) is 5.84 Å². The number of thioether (sulfide) groups is 1. The highest BCUT2D eigenvalue weighted by atomic mass is 79.9. The molecule has 0 aromatic heterocycles. The number of hydrogen-bond acceptors (Lipinski definition) is 4. The molecule has 1 rings (SSSR count). The van der Waals surface area contributed by atoms with Gasteiger partial charge in [-0.3, -0.25) is 11.3 Å². The highest BCUT2D eigenvalue weighted by Crippen LogP contribution is 2.24. The van der Waals surface area contributed by atoms with Gasteiger partial charge in [-0.25, -0.2) is 0 Å². The van der Waals surface area contributed by atoms with Gasteiger partial charge in [0.1, 0.15) is 5.75 Å². The van der Waals surface area contributed by atoms with E-state index in [1.165, 1.54) is 5.56 Å². The summed E-state index contributed by atoms with van der Waals surface area (Å²) in [5.41, 5.74) is 4.03. The molecule has 96 valence electrons. The van der Waals surface area contributed by atoms with Crippen LogP contribution in [0.2, 0.25) is 0 Å². The second-order valence-electron chi connectivity index (χ2n) is 3.68. The molecule has 5 heteroatoms. The lowest BCUT2D eigenvalue weighted by molar-refractivity contribution is 0.406. The predicted octanol–water partition coefficient (Wildman–Crippen LogP) is 2.59. The minimum absolute atomic E-state index is 0.267. The fourth-order valence-electron chi connectivity index (χ4n) is 1.60. The van der Waals surface area contributed by atoms with Gasteiger partial charge in [0.2, 0.25) is 0 Å². The lowest BCUT2D eigenvalue weighted by Crippen LogP contribution is -2.38. The van der Waals surface area contributed by atoms with Crippen molar-refractivity contribution < 1.29 is 4.74 Å². The van der Waals surface area contributed by atoms with Crippen molar-refractivity contribution in [1.29, 1.82) is 0 Å². The molecule has 0 bridgehead atoms. The molecule has 0 heterocycles. The predicted molar refractivity (Wildman–Crippen MR) is 78.5 cm³/mol. The van der Waals surface area contributed by atoms with Crippen molar-refractivity contribution in [2.75, 3.05) is 18.6 Å². The quantitative estimate of drug-likeness (QED) is 0.599. The molecule has 0 aliphatic carbocycles. The van der Waals surface area contributed by atoms with Crippen molar-refractivity contribution in [3.63, 3.8) is 0 Å². The molecular formula is C12H19BrN2OS. The summed E-state index contributed by atoms with van der Waals surface area (Å²) in [6.07, 6.45) is 0.867. The average Bonchev–Trinajstić information content (AvgIpc) is 2.34. The smallest absolute Gasteiger partial charge is 0.122 e. The zero-order valence-corrected chi connectivity index (χ0v) is 12.6. The monoisotopic (exact) mass is 318 g/mol. The van der Waals surface area contributed by atoms with Gasteiger partial charge < -0.3 is 4.74 Å². The van der Waals surface area contributed by atoms with Crippen molar-refractivity contribution in [3.8, 4) is 5.75 Å². The largest absolute Gasteiger partial charge is 0.496 e. The molecular weight excluding hydrogens is 300 g/mol. The first-order valence-electron chi connectivity index (χ1n) is 5.57. The summed E-state index contributed by atoms with van der Waals surface area (Å²) in [4.78, 5) is 0. The van der Waals surface area contributed by atoms with E-state index in [4.69, 9.17) is 10.6 Å². The van der Waals surface area contributed by atoms with E-state index in [9.17, 15) is 0 Å². The number of methoxy groups -OCH3 is 1. The molecule has 17 heavy (non-hydrogen) atoms. The summed E-state index contributed by atoms with van der Waals surface area (Å²) in [6, 6.07) is 6.30. The first kappa shape index (κ1) is 14.8. The van der Waals surface area contributed by atoms with Crippen LogP contribution in [0.25, 0.3) is 0 Å². The van der Waals surface area contributed by atoms with Gasteiger partial charge in [-0.1, -0.05) is 22.9 Å². The van der Waals surface area contributed by atoms with E-state index in [2.05, 4.69) is 34.3 Å². The van der Waals surface area contributed by atoms with Gasteiger partial charge >= 0.3 is 0 Å².